The van der Waals surface area contributed by atoms with Crippen molar-refractivity contribution in [3.05, 3.63) is 28.5 Å². The second-order valence-electron chi connectivity index (χ2n) is 3.80. The van der Waals surface area contributed by atoms with Gasteiger partial charge in [0.1, 0.15) is 5.69 Å². The van der Waals surface area contributed by atoms with Gasteiger partial charge >= 0.3 is 0 Å². The lowest BCUT2D eigenvalue weighted by Crippen LogP contribution is -2.30. The highest BCUT2D eigenvalue weighted by Gasteiger charge is 2.16. The number of rotatable bonds is 3. The normalized spacial score (nSPS) is 19.7. The highest BCUT2D eigenvalue weighted by Crippen LogP contribution is 2.11. The van der Waals surface area contributed by atoms with Gasteiger partial charge in [0.05, 0.1) is 6.61 Å². The summed E-state index contributed by atoms with van der Waals surface area (Å²) in [7, 11) is 0. The van der Waals surface area contributed by atoms with Crippen LogP contribution in [0.5, 0.6) is 0 Å². The fourth-order valence-corrected chi connectivity index (χ4v) is 1.82. The first-order valence-corrected chi connectivity index (χ1v) is 6.02. The van der Waals surface area contributed by atoms with E-state index in [1.807, 2.05) is 0 Å². The first kappa shape index (κ1) is 11.5. The minimum absolute atomic E-state index is 0.126. The Hall–Kier alpha value is -0.940. The van der Waals surface area contributed by atoms with Crippen LogP contribution in [0.4, 0.5) is 0 Å². The van der Waals surface area contributed by atoms with E-state index in [9.17, 15) is 4.79 Å². The van der Waals surface area contributed by atoms with Gasteiger partial charge in [-0.25, -0.2) is 4.98 Å². The first-order valence-electron chi connectivity index (χ1n) is 5.23. The summed E-state index contributed by atoms with van der Waals surface area (Å²) in [5, 5.41) is 2.86. The van der Waals surface area contributed by atoms with Crippen molar-refractivity contribution in [2.24, 2.45) is 5.92 Å². The van der Waals surface area contributed by atoms with Gasteiger partial charge in [0, 0.05) is 29.7 Å². The van der Waals surface area contributed by atoms with Gasteiger partial charge in [0.15, 0.2) is 0 Å². The van der Waals surface area contributed by atoms with Crippen LogP contribution in [-0.4, -0.2) is 30.6 Å². The Kier molecular flexibility index (Phi) is 3.90. The van der Waals surface area contributed by atoms with Gasteiger partial charge in [-0.2, -0.15) is 0 Å². The van der Waals surface area contributed by atoms with Crippen molar-refractivity contribution in [2.75, 3.05) is 19.8 Å². The third kappa shape index (κ3) is 3.02. The van der Waals surface area contributed by atoms with Crippen molar-refractivity contribution in [1.82, 2.24) is 10.3 Å². The Morgan fingerprint density at radius 2 is 2.50 bits per heavy atom. The summed E-state index contributed by atoms with van der Waals surface area (Å²) in [6.45, 7) is 2.21. The SMILES string of the molecule is O=C(NCC1CCOC1)c1ccc(Br)cn1. The van der Waals surface area contributed by atoms with E-state index < -0.39 is 0 Å². The molecule has 1 aliphatic rings. The van der Waals surface area contributed by atoms with Crippen LogP contribution in [0.2, 0.25) is 0 Å². The molecular weight excluding hydrogens is 272 g/mol. The lowest BCUT2D eigenvalue weighted by molar-refractivity contribution is 0.0940. The average molecular weight is 285 g/mol. The molecule has 1 saturated heterocycles. The van der Waals surface area contributed by atoms with E-state index in [1.165, 1.54) is 0 Å². The zero-order chi connectivity index (χ0) is 11.4. The minimum atomic E-state index is -0.126. The summed E-state index contributed by atoms with van der Waals surface area (Å²) in [5.74, 6) is 0.318. The number of hydrogen-bond acceptors (Lipinski definition) is 3. The second kappa shape index (κ2) is 5.41. The lowest BCUT2D eigenvalue weighted by Gasteiger charge is -2.08. The predicted octanol–water partition coefficient (Wildman–Crippen LogP) is 1.61. The minimum Gasteiger partial charge on any atom is -0.381 e. The largest absolute Gasteiger partial charge is 0.381 e. The number of amides is 1. The number of carbonyl (C=O) groups is 1. The molecule has 1 fully saturated rings. The molecule has 0 radical (unpaired) electrons. The summed E-state index contributed by atoms with van der Waals surface area (Å²) < 4.78 is 6.11. The van der Waals surface area contributed by atoms with Crippen molar-refractivity contribution in [3.8, 4) is 0 Å². The number of pyridine rings is 1. The molecule has 1 atom stereocenters. The van der Waals surface area contributed by atoms with Gasteiger partial charge in [-0.3, -0.25) is 4.79 Å². The van der Waals surface area contributed by atoms with Crippen LogP contribution in [0.25, 0.3) is 0 Å². The Labute approximate surface area is 103 Å². The molecule has 2 rings (SSSR count). The number of halogens is 1. The third-order valence-electron chi connectivity index (χ3n) is 2.54. The molecule has 86 valence electrons. The highest BCUT2D eigenvalue weighted by molar-refractivity contribution is 9.10. The van der Waals surface area contributed by atoms with E-state index in [2.05, 4.69) is 26.2 Å². The maximum Gasteiger partial charge on any atom is 0.269 e. The molecule has 1 aliphatic heterocycles. The summed E-state index contributed by atoms with van der Waals surface area (Å²) in [6, 6.07) is 3.51. The maximum atomic E-state index is 11.7. The first-order chi connectivity index (χ1) is 7.75. The molecule has 0 saturated carbocycles. The van der Waals surface area contributed by atoms with Crippen LogP contribution in [0.15, 0.2) is 22.8 Å². The van der Waals surface area contributed by atoms with Gasteiger partial charge < -0.3 is 10.1 Å². The number of aromatic nitrogens is 1. The predicted molar refractivity (Wildman–Crippen MR) is 63.2 cm³/mol. The number of nitrogens with one attached hydrogen (secondary N) is 1. The quantitative estimate of drug-likeness (QED) is 0.918. The Morgan fingerprint density at radius 3 is 3.12 bits per heavy atom. The molecule has 0 aromatic carbocycles. The molecule has 1 aromatic heterocycles. The van der Waals surface area contributed by atoms with Crippen LogP contribution >= 0.6 is 15.9 Å². The van der Waals surface area contributed by atoms with Crippen molar-refractivity contribution >= 4 is 21.8 Å². The van der Waals surface area contributed by atoms with E-state index in [-0.39, 0.29) is 5.91 Å². The number of hydrogen-bond donors (Lipinski definition) is 1. The molecule has 1 aromatic rings. The van der Waals surface area contributed by atoms with E-state index >= 15 is 0 Å². The van der Waals surface area contributed by atoms with Crippen LogP contribution in [0.1, 0.15) is 16.9 Å². The molecule has 16 heavy (non-hydrogen) atoms. The summed E-state index contributed by atoms with van der Waals surface area (Å²) >= 11 is 3.28. The van der Waals surface area contributed by atoms with Crippen molar-refractivity contribution in [3.63, 3.8) is 0 Å². The number of carbonyl (C=O) groups excluding carboxylic acids is 1. The third-order valence-corrected chi connectivity index (χ3v) is 3.00. The van der Waals surface area contributed by atoms with E-state index in [4.69, 9.17) is 4.74 Å². The van der Waals surface area contributed by atoms with Gasteiger partial charge in [-0.15, -0.1) is 0 Å². The van der Waals surface area contributed by atoms with E-state index in [1.54, 1.807) is 18.3 Å². The second-order valence-corrected chi connectivity index (χ2v) is 4.72. The molecule has 5 heteroatoms. The average Bonchev–Trinajstić information content (AvgIpc) is 2.80. The molecular formula is C11H13BrN2O2. The number of nitrogens with zero attached hydrogens (tertiary/aromatic N) is 1. The Balaban J connectivity index is 1.85. The van der Waals surface area contributed by atoms with Crippen LogP contribution in [0, 0.1) is 5.92 Å². The van der Waals surface area contributed by atoms with Gasteiger partial charge in [0.25, 0.3) is 5.91 Å². The summed E-state index contributed by atoms with van der Waals surface area (Å²) in [6.07, 6.45) is 2.64. The van der Waals surface area contributed by atoms with Crippen molar-refractivity contribution in [2.45, 2.75) is 6.42 Å². The molecule has 0 spiro atoms. The van der Waals surface area contributed by atoms with Crippen molar-refractivity contribution in [1.29, 1.82) is 0 Å². The summed E-state index contributed by atoms with van der Waals surface area (Å²) in [4.78, 5) is 15.7. The maximum absolute atomic E-state index is 11.7. The standard InChI is InChI=1S/C11H13BrN2O2/c12-9-1-2-10(13-6-9)11(15)14-5-8-3-4-16-7-8/h1-2,6,8H,3-5,7H2,(H,14,15). The molecule has 0 bridgehead atoms. The van der Waals surface area contributed by atoms with Crippen molar-refractivity contribution < 1.29 is 9.53 Å². The Morgan fingerprint density at radius 1 is 1.62 bits per heavy atom. The van der Waals surface area contributed by atoms with Crippen LogP contribution < -0.4 is 5.32 Å². The molecule has 2 heterocycles. The van der Waals surface area contributed by atoms with Gasteiger partial charge in [-0.05, 0) is 34.5 Å². The fraction of sp³-hybridized carbons (Fsp3) is 0.455. The molecule has 1 amide bonds. The van der Waals surface area contributed by atoms with Gasteiger partial charge in [-0.1, -0.05) is 0 Å². The highest BCUT2D eigenvalue weighted by atomic mass is 79.9. The molecule has 4 nitrogen and oxygen atoms in total. The fourth-order valence-electron chi connectivity index (χ4n) is 1.58. The van der Waals surface area contributed by atoms with Gasteiger partial charge in [0.2, 0.25) is 0 Å². The van der Waals surface area contributed by atoms with E-state index in [0.717, 1.165) is 24.1 Å². The molecule has 0 aliphatic carbocycles. The zero-order valence-corrected chi connectivity index (χ0v) is 10.4. The topological polar surface area (TPSA) is 51.2 Å². The van der Waals surface area contributed by atoms with Crippen LogP contribution in [-0.2, 0) is 4.74 Å². The van der Waals surface area contributed by atoms with Crippen LogP contribution in [0.3, 0.4) is 0 Å². The number of ether oxygens (including phenoxy) is 1. The summed E-state index contributed by atoms with van der Waals surface area (Å²) in [5.41, 5.74) is 0.446. The Bertz CT molecular complexity index is 361. The zero-order valence-electron chi connectivity index (χ0n) is 8.78. The lowest BCUT2D eigenvalue weighted by atomic mass is 10.1. The smallest absolute Gasteiger partial charge is 0.269 e. The molecule has 1 N–H and O–H groups in total. The van der Waals surface area contributed by atoms with E-state index in [0.29, 0.717) is 18.2 Å². The molecule has 1 unspecified atom stereocenters. The monoisotopic (exact) mass is 284 g/mol.